The van der Waals surface area contributed by atoms with Crippen molar-refractivity contribution in [3.8, 4) is 6.07 Å². The normalized spacial score (nSPS) is 11.4. The summed E-state index contributed by atoms with van der Waals surface area (Å²) >= 11 is 11.5. The van der Waals surface area contributed by atoms with Gasteiger partial charge in [0.25, 0.3) is 0 Å². The van der Waals surface area contributed by atoms with Gasteiger partial charge in [0.1, 0.15) is 0 Å². The standard InChI is InChI=1S/C11H7Cl2NO3/c1-17-11(16)8(5-14)10(15)7-3-2-6(12)4-9(7)13/h2-4,8H,1H3. The molecule has 4 nitrogen and oxygen atoms in total. The first-order chi connectivity index (χ1) is 8.01. The van der Waals surface area contributed by atoms with Crippen molar-refractivity contribution < 1.29 is 14.3 Å². The Bertz CT molecular complexity index is 508. The number of benzene rings is 1. The van der Waals surface area contributed by atoms with Gasteiger partial charge in [0.2, 0.25) is 5.92 Å². The molecule has 0 spiro atoms. The molecule has 0 N–H and O–H groups in total. The molecule has 1 unspecified atom stereocenters. The van der Waals surface area contributed by atoms with E-state index < -0.39 is 17.7 Å². The van der Waals surface area contributed by atoms with E-state index in [-0.39, 0.29) is 10.6 Å². The van der Waals surface area contributed by atoms with E-state index in [0.717, 1.165) is 7.11 Å². The maximum Gasteiger partial charge on any atom is 0.331 e. The largest absolute Gasteiger partial charge is 0.468 e. The van der Waals surface area contributed by atoms with E-state index >= 15 is 0 Å². The number of carbonyl (C=O) groups excluding carboxylic acids is 2. The number of halogens is 2. The molecule has 0 saturated carbocycles. The van der Waals surface area contributed by atoms with Crippen molar-refractivity contribution in [3.63, 3.8) is 0 Å². The first-order valence-corrected chi connectivity index (χ1v) is 5.23. The van der Waals surface area contributed by atoms with Crippen LogP contribution in [0, 0.1) is 17.2 Å². The number of carbonyl (C=O) groups is 2. The van der Waals surface area contributed by atoms with Gasteiger partial charge in [0.05, 0.1) is 18.2 Å². The first-order valence-electron chi connectivity index (χ1n) is 4.48. The maximum atomic E-state index is 11.9. The van der Waals surface area contributed by atoms with Crippen molar-refractivity contribution in [2.75, 3.05) is 7.11 Å². The third-order valence-corrected chi connectivity index (χ3v) is 2.57. The second-order valence-electron chi connectivity index (χ2n) is 3.07. The number of hydrogen-bond acceptors (Lipinski definition) is 4. The third-order valence-electron chi connectivity index (χ3n) is 2.02. The van der Waals surface area contributed by atoms with Crippen molar-refractivity contribution >= 4 is 35.0 Å². The summed E-state index contributed by atoms with van der Waals surface area (Å²) in [5.41, 5.74) is 0.0630. The van der Waals surface area contributed by atoms with Gasteiger partial charge in [-0.2, -0.15) is 5.26 Å². The fourth-order valence-corrected chi connectivity index (χ4v) is 1.68. The zero-order valence-electron chi connectivity index (χ0n) is 8.74. The number of Topliss-reactive ketones (excluding diaryl/α,β-unsaturated/α-hetero) is 1. The average Bonchev–Trinajstić information content (AvgIpc) is 2.29. The Labute approximate surface area is 108 Å². The highest BCUT2D eigenvalue weighted by Gasteiger charge is 2.29. The molecule has 0 bridgehead atoms. The van der Waals surface area contributed by atoms with Gasteiger partial charge in [-0.05, 0) is 18.2 Å². The quantitative estimate of drug-likeness (QED) is 0.481. The van der Waals surface area contributed by atoms with Crippen LogP contribution in [-0.2, 0) is 9.53 Å². The molecule has 0 amide bonds. The van der Waals surface area contributed by atoms with Crippen molar-refractivity contribution in [3.05, 3.63) is 33.8 Å². The minimum Gasteiger partial charge on any atom is -0.468 e. The van der Waals surface area contributed by atoms with Gasteiger partial charge in [-0.15, -0.1) is 0 Å². The molecule has 1 aromatic rings. The third kappa shape index (κ3) is 2.96. The molecule has 1 atom stereocenters. The summed E-state index contributed by atoms with van der Waals surface area (Å²) in [7, 11) is 1.10. The molecule has 0 aliphatic carbocycles. The predicted octanol–water partition coefficient (Wildman–Crippen LogP) is 2.49. The summed E-state index contributed by atoms with van der Waals surface area (Å²) in [6.07, 6.45) is 0. The molecule has 88 valence electrons. The zero-order chi connectivity index (χ0) is 13.0. The van der Waals surface area contributed by atoms with E-state index in [1.54, 1.807) is 6.07 Å². The van der Waals surface area contributed by atoms with E-state index in [1.807, 2.05) is 0 Å². The van der Waals surface area contributed by atoms with E-state index in [4.69, 9.17) is 28.5 Å². The topological polar surface area (TPSA) is 67.2 Å². The lowest BCUT2D eigenvalue weighted by molar-refractivity contribution is -0.141. The molecule has 0 aliphatic heterocycles. The second kappa shape index (κ2) is 5.67. The van der Waals surface area contributed by atoms with E-state index in [0.29, 0.717) is 5.02 Å². The number of methoxy groups -OCH3 is 1. The molecule has 0 aliphatic rings. The molecule has 1 aromatic carbocycles. The van der Waals surface area contributed by atoms with Crippen LogP contribution in [0.1, 0.15) is 10.4 Å². The molecule has 0 aromatic heterocycles. The summed E-state index contributed by atoms with van der Waals surface area (Å²) in [5, 5.41) is 9.21. The molecule has 17 heavy (non-hydrogen) atoms. The number of ether oxygens (including phenoxy) is 1. The van der Waals surface area contributed by atoms with Crippen LogP contribution in [0.3, 0.4) is 0 Å². The minimum atomic E-state index is -1.52. The Kier molecular flexibility index (Phi) is 4.50. The van der Waals surface area contributed by atoms with Crippen molar-refractivity contribution in [1.29, 1.82) is 5.26 Å². The van der Waals surface area contributed by atoms with Crippen LogP contribution < -0.4 is 0 Å². The molecule has 0 radical (unpaired) electrons. The van der Waals surface area contributed by atoms with Crippen molar-refractivity contribution in [2.45, 2.75) is 0 Å². The van der Waals surface area contributed by atoms with Gasteiger partial charge in [-0.3, -0.25) is 9.59 Å². The fourth-order valence-electron chi connectivity index (χ4n) is 1.18. The van der Waals surface area contributed by atoms with Gasteiger partial charge in [-0.25, -0.2) is 0 Å². The van der Waals surface area contributed by atoms with Gasteiger partial charge >= 0.3 is 5.97 Å². The molecular formula is C11H7Cl2NO3. The monoisotopic (exact) mass is 271 g/mol. The first kappa shape index (κ1) is 13.5. The minimum absolute atomic E-state index is 0.0630. The van der Waals surface area contributed by atoms with Crippen LogP contribution in [0.25, 0.3) is 0 Å². The van der Waals surface area contributed by atoms with Crippen LogP contribution in [0.15, 0.2) is 18.2 Å². The summed E-state index contributed by atoms with van der Waals surface area (Å²) in [4.78, 5) is 23.1. The van der Waals surface area contributed by atoms with Gasteiger partial charge in [0.15, 0.2) is 5.78 Å². The summed E-state index contributed by atoms with van der Waals surface area (Å²) in [6, 6.07) is 5.75. The maximum absolute atomic E-state index is 11.9. The van der Waals surface area contributed by atoms with Gasteiger partial charge < -0.3 is 4.74 Å². The Morgan fingerprint density at radius 3 is 2.53 bits per heavy atom. The lowest BCUT2D eigenvalue weighted by Crippen LogP contribution is -2.24. The molecule has 0 fully saturated rings. The van der Waals surface area contributed by atoms with Crippen LogP contribution in [0.4, 0.5) is 0 Å². The number of hydrogen-bond donors (Lipinski definition) is 0. The van der Waals surface area contributed by atoms with E-state index in [9.17, 15) is 9.59 Å². The van der Waals surface area contributed by atoms with E-state index in [2.05, 4.69) is 4.74 Å². The lowest BCUT2D eigenvalue weighted by Gasteiger charge is -2.07. The predicted molar refractivity (Wildman–Crippen MR) is 61.9 cm³/mol. The Hall–Kier alpha value is -1.57. The van der Waals surface area contributed by atoms with Crippen LogP contribution in [0.5, 0.6) is 0 Å². The van der Waals surface area contributed by atoms with Crippen LogP contribution >= 0.6 is 23.2 Å². The summed E-state index contributed by atoms with van der Waals surface area (Å²) in [5.74, 6) is -3.14. The second-order valence-corrected chi connectivity index (χ2v) is 3.92. The number of nitrogens with zero attached hydrogens (tertiary/aromatic N) is 1. The smallest absolute Gasteiger partial charge is 0.331 e. The fraction of sp³-hybridized carbons (Fsp3) is 0.182. The number of nitriles is 1. The zero-order valence-corrected chi connectivity index (χ0v) is 10.2. The molecule has 6 heteroatoms. The summed E-state index contributed by atoms with van der Waals surface area (Å²) < 4.78 is 4.36. The molecule has 1 rings (SSSR count). The molecule has 0 heterocycles. The molecule has 0 saturated heterocycles. The Morgan fingerprint density at radius 2 is 2.06 bits per heavy atom. The highest BCUT2D eigenvalue weighted by atomic mass is 35.5. The van der Waals surface area contributed by atoms with E-state index in [1.165, 1.54) is 18.2 Å². The SMILES string of the molecule is COC(=O)C(C#N)C(=O)c1ccc(Cl)cc1Cl. The molecular weight excluding hydrogens is 265 g/mol. The highest BCUT2D eigenvalue weighted by Crippen LogP contribution is 2.23. The van der Waals surface area contributed by atoms with Gasteiger partial charge in [0, 0.05) is 10.6 Å². The number of rotatable bonds is 3. The van der Waals surface area contributed by atoms with Crippen molar-refractivity contribution in [1.82, 2.24) is 0 Å². The summed E-state index contributed by atoms with van der Waals surface area (Å²) in [6.45, 7) is 0. The number of esters is 1. The highest BCUT2D eigenvalue weighted by molar-refractivity contribution is 6.37. The average molecular weight is 272 g/mol. The van der Waals surface area contributed by atoms with Crippen LogP contribution in [-0.4, -0.2) is 18.9 Å². The van der Waals surface area contributed by atoms with Crippen LogP contribution in [0.2, 0.25) is 10.0 Å². The Morgan fingerprint density at radius 1 is 1.41 bits per heavy atom. The van der Waals surface area contributed by atoms with Crippen molar-refractivity contribution in [2.24, 2.45) is 5.92 Å². The number of ketones is 1. The Balaban J connectivity index is 3.12. The lowest BCUT2D eigenvalue weighted by atomic mass is 9.99. The van der Waals surface area contributed by atoms with Gasteiger partial charge in [-0.1, -0.05) is 23.2 Å².